The van der Waals surface area contributed by atoms with Gasteiger partial charge >= 0.3 is 0 Å². The summed E-state index contributed by atoms with van der Waals surface area (Å²) in [6.07, 6.45) is 0. The molecule has 0 fully saturated rings. The molecule has 84 valence electrons. The Kier molecular flexibility index (Phi) is 2.69. The monoisotopic (exact) mass is 217 g/mol. The lowest BCUT2D eigenvalue weighted by molar-refractivity contribution is 0.393. The molecule has 0 radical (unpaired) electrons. The fraction of sp³-hybridized carbons (Fsp3) is 0.308. The molecule has 0 aliphatic rings. The highest BCUT2D eigenvalue weighted by atomic mass is 16.5. The fourth-order valence-corrected chi connectivity index (χ4v) is 1.87. The van der Waals surface area contributed by atoms with Gasteiger partial charge in [0.25, 0.3) is 0 Å². The Hall–Kier alpha value is -1.77. The Morgan fingerprint density at radius 1 is 1.19 bits per heavy atom. The molecule has 2 aromatic rings. The maximum atomic E-state index is 5.39. The summed E-state index contributed by atoms with van der Waals surface area (Å²) in [5, 5.41) is 3.96. The molecule has 1 aromatic heterocycles. The van der Waals surface area contributed by atoms with Crippen LogP contribution in [0.2, 0.25) is 0 Å². The fourth-order valence-electron chi connectivity index (χ4n) is 1.87. The summed E-state index contributed by atoms with van der Waals surface area (Å²) in [7, 11) is 1.68. The zero-order valence-corrected chi connectivity index (χ0v) is 10.00. The van der Waals surface area contributed by atoms with Crippen molar-refractivity contribution >= 4 is 0 Å². The standard InChI is InChI=1S/C13H15NO2/c1-8-5-6-11(12(7-8)15-4)13-9(2)14-16-10(13)3/h5-7H,1-4H3. The van der Waals surface area contributed by atoms with Crippen molar-refractivity contribution in [1.29, 1.82) is 0 Å². The van der Waals surface area contributed by atoms with Crippen molar-refractivity contribution in [1.82, 2.24) is 5.16 Å². The Bertz CT molecular complexity index is 495. The van der Waals surface area contributed by atoms with Gasteiger partial charge in [-0.3, -0.25) is 0 Å². The van der Waals surface area contributed by atoms with Crippen LogP contribution in [-0.4, -0.2) is 12.3 Å². The maximum absolute atomic E-state index is 5.39. The summed E-state index contributed by atoms with van der Waals surface area (Å²) in [6.45, 7) is 5.89. The van der Waals surface area contributed by atoms with Gasteiger partial charge in [0, 0.05) is 5.56 Å². The van der Waals surface area contributed by atoms with E-state index in [-0.39, 0.29) is 0 Å². The summed E-state index contributed by atoms with van der Waals surface area (Å²) >= 11 is 0. The highest BCUT2D eigenvalue weighted by molar-refractivity contribution is 5.74. The molecule has 16 heavy (non-hydrogen) atoms. The van der Waals surface area contributed by atoms with E-state index in [1.807, 2.05) is 32.9 Å². The smallest absolute Gasteiger partial charge is 0.141 e. The lowest BCUT2D eigenvalue weighted by Gasteiger charge is -2.08. The third kappa shape index (κ3) is 1.69. The van der Waals surface area contributed by atoms with E-state index < -0.39 is 0 Å². The van der Waals surface area contributed by atoms with Gasteiger partial charge in [0.2, 0.25) is 0 Å². The summed E-state index contributed by atoms with van der Waals surface area (Å²) in [5.41, 5.74) is 4.12. The quantitative estimate of drug-likeness (QED) is 0.774. The van der Waals surface area contributed by atoms with Gasteiger partial charge in [0.05, 0.1) is 18.4 Å². The molecule has 2 rings (SSSR count). The van der Waals surface area contributed by atoms with E-state index in [2.05, 4.69) is 11.2 Å². The van der Waals surface area contributed by atoms with E-state index in [0.29, 0.717) is 0 Å². The molecule has 1 aromatic carbocycles. The highest BCUT2D eigenvalue weighted by Gasteiger charge is 2.15. The lowest BCUT2D eigenvalue weighted by atomic mass is 10.0. The Morgan fingerprint density at radius 3 is 2.50 bits per heavy atom. The average Bonchev–Trinajstić information content (AvgIpc) is 2.59. The zero-order valence-electron chi connectivity index (χ0n) is 10.00. The second-order valence-corrected chi connectivity index (χ2v) is 3.90. The molecular formula is C13H15NO2. The van der Waals surface area contributed by atoms with E-state index >= 15 is 0 Å². The van der Waals surface area contributed by atoms with Crippen LogP contribution in [0.5, 0.6) is 5.75 Å². The molecule has 0 saturated heterocycles. The van der Waals surface area contributed by atoms with Crippen LogP contribution in [0.15, 0.2) is 22.7 Å². The number of rotatable bonds is 2. The predicted octanol–water partition coefficient (Wildman–Crippen LogP) is 3.28. The van der Waals surface area contributed by atoms with Gasteiger partial charge in [-0.1, -0.05) is 17.3 Å². The Balaban J connectivity index is 2.64. The molecule has 0 unspecified atom stereocenters. The van der Waals surface area contributed by atoms with Crippen LogP contribution < -0.4 is 4.74 Å². The van der Waals surface area contributed by atoms with Crippen LogP contribution in [0, 0.1) is 20.8 Å². The van der Waals surface area contributed by atoms with E-state index in [0.717, 1.165) is 28.3 Å². The molecule has 0 N–H and O–H groups in total. The topological polar surface area (TPSA) is 35.3 Å². The number of aryl methyl sites for hydroxylation is 3. The van der Waals surface area contributed by atoms with Crippen LogP contribution in [0.1, 0.15) is 17.0 Å². The second kappa shape index (κ2) is 4.00. The van der Waals surface area contributed by atoms with Gasteiger partial charge in [-0.25, -0.2) is 0 Å². The third-order valence-corrected chi connectivity index (χ3v) is 2.66. The first kappa shape index (κ1) is 10.7. The first-order valence-electron chi connectivity index (χ1n) is 5.21. The lowest BCUT2D eigenvalue weighted by Crippen LogP contribution is -1.90. The normalized spacial score (nSPS) is 10.5. The van der Waals surface area contributed by atoms with Crippen LogP contribution in [0.4, 0.5) is 0 Å². The molecule has 0 spiro atoms. The van der Waals surface area contributed by atoms with Gasteiger partial charge in [0.15, 0.2) is 0 Å². The highest BCUT2D eigenvalue weighted by Crippen LogP contribution is 2.34. The van der Waals surface area contributed by atoms with Crippen molar-refractivity contribution in [2.75, 3.05) is 7.11 Å². The molecule has 0 aliphatic heterocycles. The van der Waals surface area contributed by atoms with Crippen molar-refractivity contribution < 1.29 is 9.26 Å². The van der Waals surface area contributed by atoms with E-state index in [1.54, 1.807) is 7.11 Å². The Morgan fingerprint density at radius 2 is 1.94 bits per heavy atom. The molecule has 3 nitrogen and oxygen atoms in total. The van der Waals surface area contributed by atoms with E-state index in [9.17, 15) is 0 Å². The molecule has 3 heteroatoms. The van der Waals surface area contributed by atoms with Gasteiger partial charge in [-0.15, -0.1) is 0 Å². The van der Waals surface area contributed by atoms with Crippen molar-refractivity contribution in [2.45, 2.75) is 20.8 Å². The van der Waals surface area contributed by atoms with Crippen molar-refractivity contribution in [3.63, 3.8) is 0 Å². The van der Waals surface area contributed by atoms with Crippen LogP contribution >= 0.6 is 0 Å². The summed E-state index contributed by atoms with van der Waals surface area (Å²) in [6, 6.07) is 6.12. The van der Waals surface area contributed by atoms with Crippen molar-refractivity contribution in [2.24, 2.45) is 0 Å². The number of hydrogen-bond acceptors (Lipinski definition) is 3. The number of aromatic nitrogens is 1. The Labute approximate surface area is 95.0 Å². The van der Waals surface area contributed by atoms with Crippen LogP contribution in [-0.2, 0) is 0 Å². The van der Waals surface area contributed by atoms with Gasteiger partial charge in [0.1, 0.15) is 11.5 Å². The maximum Gasteiger partial charge on any atom is 0.141 e. The number of nitrogens with zero attached hydrogens (tertiary/aromatic N) is 1. The average molecular weight is 217 g/mol. The number of benzene rings is 1. The first-order valence-corrected chi connectivity index (χ1v) is 5.21. The zero-order chi connectivity index (χ0) is 11.7. The summed E-state index contributed by atoms with van der Waals surface area (Å²) < 4.78 is 10.6. The summed E-state index contributed by atoms with van der Waals surface area (Å²) in [4.78, 5) is 0. The van der Waals surface area contributed by atoms with Crippen LogP contribution in [0.3, 0.4) is 0 Å². The molecule has 0 bridgehead atoms. The van der Waals surface area contributed by atoms with Crippen molar-refractivity contribution in [3.05, 3.63) is 35.2 Å². The minimum atomic E-state index is 0.819. The van der Waals surface area contributed by atoms with Crippen LogP contribution in [0.25, 0.3) is 11.1 Å². The van der Waals surface area contributed by atoms with Gasteiger partial charge in [-0.05, 0) is 32.4 Å². The van der Waals surface area contributed by atoms with Gasteiger partial charge in [-0.2, -0.15) is 0 Å². The summed E-state index contributed by atoms with van der Waals surface area (Å²) in [5.74, 6) is 1.68. The molecule has 0 atom stereocenters. The molecule has 0 saturated carbocycles. The largest absolute Gasteiger partial charge is 0.496 e. The molecule has 0 amide bonds. The van der Waals surface area contributed by atoms with Crippen molar-refractivity contribution in [3.8, 4) is 16.9 Å². The second-order valence-electron chi connectivity index (χ2n) is 3.90. The minimum absolute atomic E-state index is 0.819. The van der Waals surface area contributed by atoms with Gasteiger partial charge < -0.3 is 9.26 Å². The SMILES string of the molecule is COc1cc(C)ccc1-c1c(C)noc1C. The number of hydrogen-bond donors (Lipinski definition) is 0. The molecule has 1 heterocycles. The number of ether oxygens (including phenoxy) is 1. The van der Waals surface area contributed by atoms with E-state index in [4.69, 9.17) is 9.26 Å². The molecular weight excluding hydrogens is 202 g/mol. The minimum Gasteiger partial charge on any atom is -0.496 e. The number of methoxy groups -OCH3 is 1. The predicted molar refractivity (Wildman–Crippen MR) is 62.7 cm³/mol. The first-order chi connectivity index (χ1) is 7.63. The third-order valence-electron chi connectivity index (χ3n) is 2.66. The van der Waals surface area contributed by atoms with E-state index in [1.165, 1.54) is 5.56 Å². The molecule has 0 aliphatic carbocycles.